The van der Waals surface area contributed by atoms with Crippen LogP contribution in [0.3, 0.4) is 0 Å². The quantitative estimate of drug-likeness (QED) is 0.314. The lowest BCUT2D eigenvalue weighted by Gasteiger charge is -2.28. The average molecular weight is 959 g/mol. The number of carbonyl (C=O) groups is 2. The number of carbonyl (C=O) groups excluding carboxylic acids is 2. The number of ether oxygens (including phenoxy) is 2. The molecule has 1 fully saturated rings. The first-order chi connectivity index (χ1) is 17.3. The Balaban J connectivity index is 1.84. The molecule has 12 heteroatoms. The van der Waals surface area contributed by atoms with Gasteiger partial charge in [0.25, 0.3) is 0 Å². The number of hydrogen-bond acceptors (Lipinski definition) is 6. The third-order valence-corrected chi connectivity index (χ3v) is 8.60. The van der Waals surface area contributed by atoms with Crippen LogP contribution < -0.4 is 15.4 Å². The molecule has 0 bridgehead atoms. The topological polar surface area (TPSA) is 100 Å². The first kappa shape index (κ1) is 31.2. The van der Waals surface area contributed by atoms with E-state index in [1.165, 1.54) is 0 Å². The predicted molar refractivity (Wildman–Crippen MR) is 176 cm³/mol. The van der Waals surface area contributed by atoms with E-state index >= 15 is 0 Å². The highest BCUT2D eigenvalue weighted by molar-refractivity contribution is 14.1. The lowest BCUT2D eigenvalue weighted by Crippen LogP contribution is -2.51. The summed E-state index contributed by atoms with van der Waals surface area (Å²) in [6.45, 7) is 8.21. The van der Waals surface area contributed by atoms with Gasteiger partial charge in [0.1, 0.15) is 23.1 Å². The molecule has 2 aromatic rings. The Morgan fingerprint density at radius 2 is 1.65 bits per heavy atom. The lowest BCUT2D eigenvalue weighted by molar-refractivity contribution is -0.133. The highest BCUT2D eigenvalue weighted by Gasteiger charge is 2.29. The van der Waals surface area contributed by atoms with Crippen molar-refractivity contribution in [1.82, 2.24) is 15.5 Å². The summed E-state index contributed by atoms with van der Waals surface area (Å²) in [5.74, 6) is 1.45. The molecule has 3 N–H and O–H groups in total. The molecule has 1 aliphatic heterocycles. The number of hydrogen-bond donors (Lipinski definition) is 3. The van der Waals surface area contributed by atoms with Gasteiger partial charge in [-0.1, -0.05) is 0 Å². The molecular weight excluding hydrogens is 930 g/mol. The van der Waals surface area contributed by atoms with Crippen LogP contribution in [0.25, 0.3) is 0 Å². The van der Waals surface area contributed by atoms with E-state index in [0.29, 0.717) is 38.1 Å². The molecule has 202 valence electrons. The van der Waals surface area contributed by atoms with Crippen molar-refractivity contribution in [2.75, 3.05) is 26.2 Å². The van der Waals surface area contributed by atoms with Crippen LogP contribution in [0.15, 0.2) is 24.3 Å². The number of amides is 2. The van der Waals surface area contributed by atoms with E-state index in [-0.39, 0.29) is 11.7 Å². The normalized spacial score (nSPS) is 15.1. The molecule has 0 aliphatic carbocycles. The third kappa shape index (κ3) is 9.37. The van der Waals surface area contributed by atoms with Crippen molar-refractivity contribution in [2.24, 2.45) is 0 Å². The first-order valence-corrected chi connectivity index (χ1v) is 16.0. The van der Waals surface area contributed by atoms with Gasteiger partial charge in [-0.3, -0.25) is 4.79 Å². The molecule has 1 atom stereocenters. The Bertz CT molecular complexity index is 1100. The van der Waals surface area contributed by atoms with Crippen LogP contribution in [0.1, 0.15) is 32.8 Å². The van der Waals surface area contributed by atoms with Gasteiger partial charge >= 0.3 is 6.09 Å². The molecule has 1 heterocycles. The van der Waals surface area contributed by atoms with Crippen molar-refractivity contribution in [2.45, 2.75) is 45.3 Å². The van der Waals surface area contributed by atoms with E-state index in [1.54, 1.807) is 32.9 Å². The van der Waals surface area contributed by atoms with Gasteiger partial charge in [0.05, 0.1) is 14.3 Å². The van der Waals surface area contributed by atoms with Gasteiger partial charge in [-0.2, -0.15) is 0 Å². The molecular formula is C25H29I4N3O5. The monoisotopic (exact) mass is 959 g/mol. The summed E-state index contributed by atoms with van der Waals surface area (Å²) >= 11 is 8.59. The summed E-state index contributed by atoms with van der Waals surface area (Å²) in [5, 5.41) is 16.2. The number of halogens is 4. The summed E-state index contributed by atoms with van der Waals surface area (Å²) in [7, 11) is 0. The average Bonchev–Trinajstić information content (AvgIpc) is 3.07. The zero-order valence-corrected chi connectivity index (χ0v) is 29.3. The van der Waals surface area contributed by atoms with E-state index in [0.717, 1.165) is 32.2 Å². The summed E-state index contributed by atoms with van der Waals surface area (Å²) in [6, 6.07) is 6.75. The smallest absolute Gasteiger partial charge is 0.408 e. The fourth-order valence-corrected chi connectivity index (χ4v) is 7.55. The molecule has 0 spiro atoms. The molecule has 37 heavy (non-hydrogen) atoms. The number of phenolic OH excluding ortho intramolecular Hbond substituents is 1. The van der Waals surface area contributed by atoms with E-state index < -0.39 is 17.7 Å². The highest BCUT2D eigenvalue weighted by atomic mass is 127. The van der Waals surface area contributed by atoms with Crippen LogP contribution in [0.2, 0.25) is 0 Å². The molecule has 0 aromatic heterocycles. The molecule has 0 radical (unpaired) electrons. The highest BCUT2D eigenvalue weighted by Crippen LogP contribution is 2.37. The van der Waals surface area contributed by atoms with Crippen LogP contribution in [0, 0.1) is 14.3 Å². The number of nitrogens with one attached hydrogen (secondary N) is 2. The fourth-order valence-electron chi connectivity index (χ4n) is 3.72. The van der Waals surface area contributed by atoms with Crippen molar-refractivity contribution in [3.63, 3.8) is 0 Å². The van der Waals surface area contributed by atoms with Gasteiger partial charge in [0, 0.05) is 26.1 Å². The number of phenols is 1. The molecule has 8 nitrogen and oxygen atoms in total. The number of nitrogens with zero attached hydrogens (tertiary/aromatic N) is 1. The SMILES string of the molecule is CC(C)(C)OC(=O)NC(Cc1cc(I)c(Oc2cc(I)c(O)c(I)c2)c(I)c1)C(=O)N1CCCNCC1. The van der Waals surface area contributed by atoms with Crippen LogP contribution in [-0.2, 0) is 16.0 Å². The Morgan fingerprint density at radius 1 is 1.03 bits per heavy atom. The predicted octanol–water partition coefficient (Wildman–Crippen LogP) is 5.86. The minimum atomic E-state index is -0.758. The summed E-state index contributed by atoms with van der Waals surface area (Å²) in [5.41, 5.74) is 0.232. The Kier molecular flexibility index (Phi) is 11.7. The number of benzene rings is 2. The Hall–Kier alpha value is -0.340. The first-order valence-electron chi connectivity index (χ1n) is 11.7. The zero-order valence-electron chi connectivity index (χ0n) is 20.7. The minimum Gasteiger partial charge on any atom is -0.506 e. The second-order valence-corrected chi connectivity index (χ2v) is 14.2. The van der Waals surface area contributed by atoms with E-state index in [9.17, 15) is 14.7 Å². The molecule has 1 aliphatic rings. The summed E-state index contributed by atoms with van der Waals surface area (Å²) in [6.07, 6.45) is 0.574. The maximum atomic E-state index is 13.5. The Labute approximate surface area is 271 Å². The maximum absolute atomic E-state index is 13.5. The van der Waals surface area contributed by atoms with Gasteiger partial charge in [0.2, 0.25) is 5.91 Å². The second kappa shape index (κ2) is 13.8. The van der Waals surface area contributed by atoms with E-state index in [1.807, 2.05) is 17.0 Å². The maximum Gasteiger partial charge on any atom is 0.408 e. The van der Waals surface area contributed by atoms with Gasteiger partial charge in [-0.25, -0.2) is 4.79 Å². The molecule has 2 amide bonds. The largest absolute Gasteiger partial charge is 0.506 e. The zero-order chi connectivity index (χ0) is 27.3. The minimum absolute atomic E-state index is 0.117. The molecule has 1 saturated heterocycles. The Morgan fingerprint density at radius 3 is 2.24 bits per heavy atom. The number of alkyl carbamates (subject to hydrolysis) is 1. The van der Waals surface area contributed by atoms with Crippen LogP contribution in [0.4, 0.5) is 4.79 Å². The summed E-state index contributed by atoms with van der Waals surface area (Å²) in [4.78, 5) is 27.9. The number of rotatable bonds is 6. The van der Waals surface area contributed by atoms with Gasteiger partial charge in [0.15, 0.2) is 5.75 Å². The third-order valence-electron chi connectivity index (χ3n) is 5.35. The van der Waals surface area contributed by atoms with Gasteiger partial charge in [-0.15, -0.1) is 0 Å². The van der Waals surface area contributed by atoms with Crippen molar-refractivity contribution >= 4 is 102 Å². The molecule has 1 unspecified atom stereocenters. The second-order valence-electron chi connectivity index (χ2n) is 9.56. The standard InChI is InChI=1S/C25H29I4N3O5/c1-25(2,3)37-24(35)31-20(23(34)32-7-4-5-30-6-8-32)11-14-9-18(28)22(19(29)10-14)36-15-12-16(26)21(33)17(27)13-15/h9-10,12-13,20,30,33H,4-8,11H2,1-3H3,(H,31,35). The van der Waals surface area contributed by atoms with Crippen molar-refractivity contribution in [3.05, 3.63) is 44.1 Å². The van der Waals surface area contributed by atoms with Crippen LogP contribution in [0.5, 0.6) is 17.2 Å². The fraction of sp³-hybridized carbons (Fsp3) is 0.440. The van der Waals surface area contributed by atoms with Crippen LogP contribution in [-0.4, -0.2) is 59.8 Å². The van der Waals surface area contributed by atoms with E-state index in [2.05, 4.69) is 101 Å². The van der Waals surface area contributed by atoms with Gasteiger partial charge in [-0.05, 0) is 154 Å². The number of aromatic hydroxyl groups is 1. The van der Waals surface area contributed by atoms with Crippen molar-refractivity contribution in [1.29, 1.82) is 0 Å². The lowest BCUT2D eigenvalue weighted by atomic mass is 10.0. The van der Waals surface area contributed by atoms with E-state index in [4.69, 9.17) is 9.47 Å². The van der Waals surface area contributed by atoms with Gasteiger partial charge < -0.3 is 30.1 Å². The molecule has 3 rings (SSSR count). The van der Waals surface area contributed by atoms with Crippen molar-refractivity contribution in [3.8, 4) is 17.2 Å². The van der Waals surface area contributed by atoms with Crippen molar-refractivity contribution < 1.29 is 24.2 Å². The molecule has 0 saturated carbocycles. The summed E-state index contributed by atoms with van der Waals surface area (Å²) < 4.78 is 14.8. The molecule has 2 aromatic carbocycles. The van der Waals surface area contributed by atoms with Crippen LogP contribution >= 0.6 is 90.4 Å².